The van der Waals surface area contributed by atoms with E-state index in [2.05, 4.69) is 48.6 Å². The van der Waals surface area contributed by atoms with Crippen LogP contribution in [0.1, 0.15) is 19.3 Å². The van der Waals surface area contributed by atoms with Crippen LogP contribution in [-0.4, -0.2) is 0 Å². The summed E-state index contributed by atoms with van der Waals surface area (Å²) in [4.78, 5) is 0. The Morgan fingerprint density at radius 1 is 0.692 bits per heavy atom. The van der Waals surface area contributed by atoms with Gasteiger partial charge >= 0.3 is 0 Å². The molecule has 0 bridgehead atoms. The van der Waals surface area contributed by atoms with Crippen molar-refractivity contribution in [3.05, 3.63) is 48.6 Å². The molecule has 0 heterocycles. The molecule has 1 fully saturated rings. The molecule has 0 N–H and O–H groups in total. The first-order valence-corrected chi connectivity index (χ1v) is 5.06. The minimum Gasteiger partial charge on any atom is -0.0837 e. The summed E-state index contributed by atoms with van der Waals surface area (Å²) in [6, 6.07) is 0. The molecule has 2 atom stereocenters. The van der Waals surface area contributed by atoms with Crippen molar-refractivity contribution >= 4 is 0 Å². The molecule has 2 unspecified atom stereocenters. The Morgan fingerprint density at radius 3 is 1.62 bits per heavy atom. The minimum absolute atomic E-state index is 0.489. The largest absolute Gasteiger partial charge is 0.0837 e. The second-order valence-corrected chi connectivity index (χ2v) is 4.47. The Morgan fingerprint density at radius 2 is 1.23 bits per heavy atom. The van der Waals surface area contributed by atoms with Crippen molar-refractivity contribution in [3.8, 4) is 0 Å². The number of fused-ring (bicyclic) bond motifs is 1. The number of hydrogen-bond donors (Lipinski definition) is 0. The Balaban J connectivity index is 1.92. The lowest BCUT2D eigenvalue weighted by Crippen LogP contribution is -2.11. The molecule has 0 aromatic carbocycles. The number of hydrogen-bond acceptors (Lipinski definition) is 0. The van der Waals surface area contributed by atoms with Crippen LogP contribution in [0, 0.1) is 10.8 Å². The normalized spacial score (nSPS) is 44.9. The summed E-state index contributed by atoms with van der Waals surface area (Å²) < 4.78 is 0. The predicted octanol–water partition coefficient (Wildman–Crippen LogP) is 3.40. The van der Waals surface area contributed by atoms with Gasteiger partial charge in [-0.1, -0.05) is 48.6 Å². The van der Waals surface area contributed by atoms with Crippen LogP contribution >= 0.6 is 0 Å². The van der Waals surface area contributed by atoms with Crippen LogP contribution in [0.4, 0.5) is 0 Å². The van der Waals surface area contributed by atoms with E-state index in [0.29, 0.717) is 10.8 Å². The average Bonchev–Trinajstić information content (AvgIpc) is 2.74. The third kappa shape index (κ3) is 0.861. The molecule has 3 aliphatic rings. The molecule has 2 spiro atoms. The lowest BCUT2D eigenvalue weighted by Gasteiger charge is -2.21. The minimum atomic E-state index is 0.489. The molecule has 0 aromatic rings. The SMILES string of the molecule is C1=CCC2(C=C1)CC21C=CC=CC1. The van der Waals surface area contributed by atoms with Crippen LogP contribution in [0.15, 0.2) is 48.6 Å². The Bertz CT molecular complexity index is 309. The summed E-state index contributed by atoms with van der Waals surface area (Å²) in [5.41, 5.74) is 0.978. The average molecular weight is 170 g/mol. The van der Waals surface area contributed by atoms with Gasteiger partial charge < -0.3 is 0 Å². The standard InChI is InChI=1S/C13H14/c1-3-7-12(8-4-1)11-13(12)9-5-2-6-10-13/h1-7,9H,8,10-11H2. The van der Waals surface area contributed by atoms with Crippen molar-refractivity contribution < 1.29 is 0 Å². The second kappa shape index (κ2) is 2.25. The highest BCUT2D eigenvalue weighted by atomic mass is 14.7. The third-order valence-electron chi connectivity index (χ3n) is 3.79. The Kier molecular flexibility index (Phi) is 1.28. The molecular formula is C13H14. The quantitative estimate of drug-likeness (QED) is 0.522. The molecule has 3 aliphatic carbocycles. The van der Waals surface area contributed by atoms with Crippen LogP contribution in [0.2, 0.25) is 0 Å². The van der Waals surface area contributed by atoms with Crippen molar-refractivity contribution in [2.24, 2.45) is 10.8 Å². The molecule has 0 aromatic heterocycles. The van der Waals surface area contributed by atoms with Gasteiger partial charge in [0, 0.05) is 10.8 Å². The first kappa shape index (κ1) is 7.37. The van der Waals surface area contributed by atoms with E-state index in [-0.39, 0.29) is 0 Å². The fourth-order valence-electron chi connectivity index (χ4n) is 2.85. The van der Waals surface area contributed by atoms with Gasteiger partial charge in [-0.3, -0.25) is 0 Å². The van der Waals surface area contributed by atoms with E-state index in [9.17, 15) is 0 Å². The molecule has 0 nitrogen and oxygen atoms in total. The second-order valence-electron chi connectivity index (χ2n) is 4.47. The van der Waals surface area contributed by atoms with E-state index in [1.807, 2.05) is 0 Å². The smallest absolute Gasteiger partial charge is 0.00224 e. The Labute approximate surface area is 79.3 Å². The zero-order chi connectivity index (χ0) is 8.78. The van der Waals surface area contributed by atoms with E-state index < -0.39 is 0 Å². The van der Waals surface area contributed by atoms with Crippen molar-refractivity contribution in [2.45, 2.75) is 19.3 Å². The topological polar surface area (TPSA) is 0 Å². The first-order valence-electron chi connectivity index (χ1n) is 5.06. The molecule has 0 amide bonds. The lowest BCUT2D eigenvalue weighted by atomic mass is 9.83. The molecule has 0 saturated heterocycles. The zero-order valence-corrected chi connectivity index (χ0v) is 7.74. The fourth-order valence-corrected chi connectivity index (χ4v) is 2.85. The number of allylic oxidation sites excluding steroid dienone is 8. The van der Waals surface area contributed by atoms with Gasteiger partial charge in [0.1, 0.15) is 0 Å². The summed E-state index contributed by atoms with van der Waals surface area (Å²) in [6.07, 6.45) is 22.0. The van der Waals surface area contributed by atoms with Crippen molar-refractivity contribution in [3.63, 3.8) is 0 Å². The Hall–Kier alpha value is -1.04. The van der Waals surface area contributed by atoms with Crippen LogP contribution < -0.4 is 0 Å². The van der Waals surface area contributed by atoms with Crippen LogP contribution in [0.5, 0.6) is 0 Å². The van der Waals surface area contributed by atoms with Crippen molar-refractivity contribution in [1.82, 2.24) is 0 Å². The van der Waals surface area contributed by atoms with Gasteiger partial charge in [-0.25, -0.2) is 0 Å². The van der Waals surface area contributed by atoms with Gasteiger partial charge in [-0.05, 0) is 19.3 Å². The highest BCUT2D eigenvalue weighted by Gasteiger charge is 2.62. The van der Waals surface area contributed by atoms with E-state index in [1.165, 1.54) is 19.3 Å². The van der Waals surface area contributed by atoms with Gasteiger partial charge in [0.25, 0.3) is 0 Å². The van der Waals surface area contributed by atoms with Crippen molar-refractivity contribution in [1.29, 1.82) is 0 Å². The highest BCUT2D eigenvalue weighted by Crippen LogP contribution is 2.71. The summed E-state index contributed by atoms with van der Waals surface area (Å²) in [6.45, 7) is 0. The van der Waals surface area contributed by atoms with E-state index >= 15 is 0 Å². The van der Waals surface area contributed by atoms with Gasteiger partial charge in [-0.15, -0.1) is 0 Å². The summed E-state index contributed by atoms with van der Waals surface area (Å²) in [5, 5.41) is 0. The van der Waals surface area contributed by atoms with Crippen LogP contribution in [-0.2, 0) is 0 Å². The molecule has 0 radical (unpaired) electrons. The van der Waals surface area contributed by atoms with Gasteiger partial charge in [0.05, 0.1) is 0 Å². The molecule has 3 rings (SSSR count). The van der Waals surface area contributed by atoms with Gasteiger partial charge in [-0.2, -0.15) is 0 Å². The van der Waals surface area contributed by atoms with Gasteiger partial charge in [0.2, 0.25) is 0 Å². The summed E-state index contributed by atoms with van der Waals surface area (Å²) in [7, 11) is 0. The van der Waals surface area contributed by atoms with Crippen molar-refractivity contribution in [2.75, 3.05) is 0 Å². The predicted molar refractivity (Wildman–Crippen MR) is 55.3 cm³/mol. The zero-order valence-electron chi connectivity index (χ0n) is 7.74. The third-order valence-corrected chi connectivity index (χ3v) is 3.79. The molecule has 66 valence electrons. The molecule has 0 aliphatic heterocycles. The molecule has 1 saturated carbocycles. The van der Waals surface area contributed by atoms with Gasteiger partial charge in [0.15, 0.2) is 0 Å². The maximum atomic E-state index is 2.41. The van der Waals surface area contributed by atoms with Crippen LogP contribution in [0.25, 0.3) is 0 Å². The maximum Gasteiger partial charge on any atom is 0.00224 e. The highest BCUT2D eigenvalue weighted by molar-refractivity contribution is 5.38. The fraction of sp³-hybridized carbons (Fsp3) is 0.385. The molecule has 13 heavy (non-hydrogen) atoms. The lowest BCUT2D eigenvalue weighted by molar-refractivity contribution is 0.478. The first-order chi connectivity index (χ1) is 6.37. The van der Waals surface area contributed by atoms with Crippen LogP contribution in [0.3, 0.4) is 0 Å². The summed E-state index contributed by atoms with van der Waals surface area (Å²) >= 11 is 0. The molecule has 0 heteroatoms. The number of rotatable bonds is 0. The summed E-state index contributed by atoms with van der Waals surface area (Å²) in [5.74, 6) is 0. The van der Waals surface area contributed by atoms with E-state index in [4.69, 9.17) is 0 Å². The maximum absolute atomic E-state index is 2.41. The monoisotopic (exact) mass is 170 g/mol. The molecular weight excluding hydrogens is 156 g/mol. The van der Waals surface area contributed by atoms with E-state index in [1.54, 1.807) is 0 Å². The van der Waals surface area contributed by atoms with E-state index in [0.717, 1.165) is 0 Å².